The van der Waals surface area contributed by atoms with Crippen LogP contribution in [0.1, 0.15) is 85.0 Å². The second-order valence-electron chi connectivity index (χ2n) is 8.73. The van der Waals surface area contributed by atoms with Gasteiger partial charge < -0.3 is 5.73 Å². The molecule has 0 spiro atoms. The van der Waals surface area contributed by atoms with E-state index in [1.54, 1.807) is 0 Å². The van der Waals surface area contributed by atoms with Gasteiger partial charge in [-0.15, -0.1) is 0 Å². The molecule has 0 aromatic rings. The van der Waals surface area contributed by atoms with E-state index in [0.29, 0.717) is 5.41 Å². The molecule has 0 saturated heterocycles. The molecular weight excluding hydrogens is 242 g/mol. The van der Waals surface area contributed by atoms with Gasteiger partial charge >= 0.3 is 0 Å². The SMILES string of the molecule is CCCCC(C)C1C2(N)CC3CC(C2)CC1(CCC)C3. The van der Waals surface area contributed by atoms with E-state index in [9.17, 15) is 0 Å². The molecule has 4 aliphatic carbocycles. The minimum Gasteiger partial charge on any atom is -0.325 e. The summed E-state index contributed by atoms with van der Waals surface area (Å²) < 4.78 is 0. The average molecular weight is 277 g/mol. The van der Waals surface area contributed by atoms with Crippen molar-refractivity contribution in [1.29, 1.82) is 0 Å². The van der Waals surface area contributed by atoms with Gasteiger partial charge in [-0.05, 0) is 67.6 Å². The van der Waals surface area contributed by atoms with Crippen molar-refractivity contribution in [2.45, 2.75) is 90.5 Å². The quantitative estimate of drug-likeness (QED) is 0.715. The van der Waals surface area contributed by atoms with Crippen molar-refractivity contribution in [3.63, 3.8) is 0 Å². The summed E-state index contributed by atoms with van der Waals surface area (Å²) in [5.74, 6) is 3.59. The van der Waals surface area contributed by atoms with Gasteiger partial charge in [0.15, 0.2) is 0 Å². The van der Waals surface area contributed by atoms with Crippen molar-refractivity contribution in [3.8, 4) is 0 Å². The van der Waals surface area contributed by atoms with Crippen molar-refractivity contribution in [1.82, 2.24) is 0 Å². The molecule has 2 N–H and O–H groups in total. The number of hydrogen-bond donors (Lipinski definition) is 1. The van der Waals surface area contributed by atoms with E-state index >= 15 is 0 Å². The highest BCUT2D eigenvalue weighted by Crippen LogP contribution is 2.67. The van der Waals surface area contributed by atoms with Crippen molar-refractivity contribution in [2.75, 3.05) is 0 Å². The number of rotatable bonds is 6. The summed E-state index contributed by atoms with van der Waals surface area (Å²) in [7, 11) is 0. The second kappa shape index (κ2) is 5.30. The van der Waals surface area contributed by atoms with Crippen LogP contribution in [0.2, 0.25) is 0 Å². The van der Waals surface area contributed by atoms with Crippen LogP contribution < -0.4 is 5.73 Å². The van der Waals surface area contributed by atoms with Crippen molar-refractivity contribution in [3.05, 3.63) is 0 Å². The van der Waals surface area contributed by atoms with Gasteiger partial charge in [-0.25, -0.2) is 0 Å². The molecule has 4 aliphatic rings. The van der Waals surface area contributed by atoms with Gasteiger partial charge in [0, 0.05) is 5.54 Å². The van der Waals surface area contributed by atoms with Gasteiger partial charge in [-0.3, -0.25) is 0 Å². The Morgan fingerprint density at radius 3 is 2.25 bits per heavy atom. The highest BCUT2D eigenvalue weighted by molar-refractivity contribution is 5.15. The summed E-state index contributed by atoms with van der Waals surface area (Å²) in [6.45, 7) is 7.23. The first-order valence-electron chi connectivity index (χ1n) is 9.32. The van der Waals surface area contributed by atoms with Crippen LogP contribution in [0, 0.1) is 29.1 Å². The summed E-state index contributed by atoms with van der Waals surface area (Å²) in [4.78, 5) is 0. The molecule has 20 heavy (non-hydrogen) atoms. The first kappa shape index (κ1) is 14.9. The third-order valence-corrected chi connectivity index (χ3v) is 7.00. The molecule has 0 heterocycles. The molecule has 4 atom stereocenters. The van der Waals surface area contributed by atoms with Crippen LogP contribution in [0.25, 0.3) is 0 Å². The highest BCUT2D eigenvalue weighted by atomic mass is 14.9. The first-order chi connectivity index (χ1) is 9.53. The van der Waals surface area contributed by atoms with E-state index < -0.39 is 0 Å². The molecule has 0 aromatic heterocycles. The third kappa shape index (κ3) is 2.25. The monoisotopic (exact) mass is 277 g/mol. The van der Waals surface area contributed by atoms with Crippen LogP contribution in [0.15, 0.2) is 0 Å². The maximum Gasteiger partial charge on any atom is 0.0196 e. The predicted octanol–water partition coefficient (Wildman–Crippen LogP) is 5.14. The molecule has 4 rings (SSSR count). The second-order valence-corrected chi connectivity index (χ2v) is 8.73. The Bertz CT molecular complexity index is 334. The molecule has 0 radical (unpaired) electrons. The Labute approximate surface area is 126 Å². The van der Waals surface area contributed by atoms with Gasteiger partial charge in [0.1, 0.15) is 0 Å². The molecular formula is C19H35N. The van der Waals surface area contributed by atoms with Crippen molar-refractivity contribution < 1.29 is 0 Å². The molecule has 4 bridgehead atoms. The fraction of sp³-hybridized carbons (Fsp3) is 1.00. The van der Waals surface area contributed by atoms with Crippen LogP contribution in [0.4, 0.5) is 0 Å². The van der Waals surface area contributed by atoms with Crippen molar-refractivity contribution in [2.24, 2.45) is 34.8 Å². The largest absolute Gasteiger partial charge is 0.325 e. The molecule has 0 aliphatic heterocycles. The number of unbranched alkanes of at least 4 members (excludes halogenated alkanes) is 1. The lowest BCUT2D eigenvalue weighted by atomic mass is 9.39. The van der Waals surface area contributed by atoms with E-state index in [0.717, 1.165) is 23.7 Å². The van der Waals surface area contributed by atoms with E-state index in [1.165, 1.54) is 64.2 Å². The lowest BCUT2D eigenvalue weighted by Gasteiger charge is -2.67. The minimum atomic E-state index is 0.201. The van der Waals surface area contributed by atoms with E-state index in [4.69, 9.17) is 5.73 Å². The fourth-order valence-corrected chi connectivity index (χ4v) is 7.18. The van der Waals surface area contributed by atoms with E-state index in [-0.39, 0.29) is 5.54 Å². The van der Waals surface area contributed by atoms with E-state index in [2.05, 4.69) is 20.8 Å². The lowest BCUT2D eigenvalue weighted by molar-refractivity contribution is -0.147. The average Bonchev–Trinajstić information content (AvgIpc) is 2.33. The summed E-state index contributed by atoms with van der Waals surface area (Å²) >= 11 is 0. The standard InChI is InChI=1S/C19H35N/c1-4-6-7-14(3)17-18(8-5-2)10-15-9-16(11-18)13-19(17,20)12-15/h14-17H,4-13,20H2,1-3H3. The number of nitrogens with two attached hydrogens (primary N) is 1. The summed E-state index contributed by atoms with van der Waals surface area (Å²) in [5, 5.41) is 0. The van der Waals surface area contributed by atoms with Gasteiger partial charge in [0.2, 0.25) is 0 Å². The molecule has 0 amide bonds. The van der Waals surface area contributed by atoms with Crippen LogP contribution in [-0.4, -0.2) is 5.54 Å². The van der Waals surface area contributed by atoms with E-state index in [1.807, 2.05) is 0 Å². The lowest BCUT2D eigenvalue weighted by Crippen LogP contribution is -2.68. The Balaban J connectivity index is 1.88. The molecule has 1 heteroatoms. The molecule has 116 valence electrons. The minimum absolute atomic E-state index is 0.201. The van der Waals surface area contributed by atoms with Gasteiger partial charge in [-0.2, -0.15) is 0 Å². The summed E-state index contributed by atoms with van der Waals surface area (Å²) in [6, 6.07) is 0. The molecule has 4 saturated carbocycles. The maximum absolute atomic E-state index is 7.05. The fourth-order valence-electron chi connectivity index (χ4n) is 7.18. The Morgan fingerprint density at radius 1 is 1.05 bits per heavy atom. The van der Waals surface area contributed by atoms with Crippen molar-refractivity contribution >= 4 is 0 Å². The zero-order valence-corrected chi connectivity index (χ0v) is 14.0. The number of hydrogen-bond acceptors (Lipinski definition) is 1. The van der Waals surface area contributed by atoms with Crippen LogP contribution >= 0.6 is 0 Å². The smallest absolute Gasteiger partial charge is 0.0196 e. The van der Waals surface area contributed by atoms with Crippen LogP contribution in [0.3, 0.4) is 0 Å². The molecule has 4 fully saturated rings. The van der Waals surface area contributed by atoms with Gasteiger partial charge in [-0.1, -0.05) is 46.5 Å². The first-order valence-corrected chi connectivity index (χ1v) is 9.32. The Hall–Kier alpha value is -0.0400. The zero-order chi connectivity index (χ0) is 14.4. The van der Waals surface area contributed by atoms with Gasteiger partial charge in [0.25, 0.3) is 0 Å². The maximum atomic E-state index is 7.05. The topological polar surface area (TPSA) is 26.0 Å². The molecule has 1 nitrogen and oxygen atoms in total. The zero-order valence-electron chi connectivity index (χ0n) is 14.0. The normalized spacial score (nSPS) is 47.7. The van der Waals surface area contributed by atoms with Crippen LogP contribution in [-0.2, 0) is 0 Å². The molecule has 4 unspecified atom stereocenters. The Kier molecular flexibility index (Phi) is 3.95. The summed E-state index contributed by atoms with van der Waals surface area (Å²) in [5.41, 5.74) is 7.88. The molecule has 0 aromatic carbocycles. The predicted molar refractivity (Wildman–Crippen MR) is 86.5 cm³/mol. The van der Waals surface area contributed by atoms with Crippen LogP contribution in [0.5, 0.6) is 0 Å². The summed E-state index contributed by atoms with van der Waals surface area (Å²) in [6.07, 6.45) is 14.1. The highest BCUT2D eigenvalue weighted by Gasteiger charge is 2.62. The third-order valence-electron chi connectivity index (χ3n) is 7.00. The Morgan fingerprint density at radius 2 is 1.70 bits per heavy atom. The van der Waals surface area contributed by atoms with Gasteiger partial charge in [0.05, 0.1) is 0 Å².